The van der Waals surface area contributed by atoms with Crippen LogP contribution in [0.2, 0.25) is 0 Å². The molecule has 1 heterocycles. The Bertz CT molecular complexity index is 596. The Labute approximate surface area is 121 Å². The van der Waals surface area contributed by atoms with Gasteiger partial charge in [-0.2, -0.15) is 0 Å². The second-order valence-corrected chi connectivity index (χ2v) is 4.73. The number of hydrogen-bond donors (Lipinski definition) is 1. The highest BCUT2D eigenvalue weighted by Gasteiger charge is 2.20. The number of benzene rings is 1. The van der Waals surface area contributed by atoms with E-state index in [-0.39, 0.29) is 28.1 Å². The van der Waals surface area contributed by atoms with Gasteiger partial charge in [0.05, 0.1) is 6.61 Å². The number of fused-ring (bicyclic) bond motifs is 1. The molecule has 0 saturated heterocycles. The molecule has 7 heteroatoms. The van der Waals surface area contributed by atoms with E-state index in [1.165, 1.54) is 6.07 Å². The standard InChI is InChI=1S/C14H18N2O5/c17-9-4-2-1-3-5-10-20-14(18)11-7-6-8-12-13(11)15-21-16(12)19/h6-8,17H,1-5,9-10H2. The van der Waals surface area contributed by atoms with E-state index in [0.717, 1.165) is 32.1 Å². The van der Waals surface area contributed by atoms with Crippen LogP contribution in [-0.4, -0.2) is 29.4 Å². The highest BCUT2D eigenvalue weighted by molar-refractivity contribution is 6.00. The normalized spacial score (nSPS) is 10.9. The summed E-state index contributed by atoms with van der Waals surface area (Å²) in [6.45, 7) is 0.542. The van der Waals surface area contributed by atoms with Gasteiger partial charge in [-0.15, -0.1) is 0 Å². The summed E-state index contributed by atoms with van der Waals surface area (Å²) in [6.07, 6.45) is 4.51. The Hall–Kier alpha value is -2.15. The smallest absolute Gasteiger partial charge is 0.342 e. The van der Waals surface area contributed by atoms with Crippen molar-refractivity contribution in [1.82, 2.24) is 5.16 Å². The molecule has 2 rings (SSSR count). The van der Waals surface area contributed by atoms with Crippen LogP contribution in [0.3, 0.4) is 0 Å². The van der Waals surface area contributed by atoms with Crippen LogP contribution in [0, 0.1) is 5.21 Å². The van der Waals surface area contributed by atoms with E-state index >= 15 is 0 Å². The topological polar surface area (TPSA) is 99.5 Å². The average Bonchev–Trinajstić information content (AvgIpc) is 2.88. The third-order valence-corrected chi connectivity index (χ3v) is 3.17. The Morgan fingerprint density at radius 1 is 1.29 bits per heavy atom. The molecule has 0 amide bonds. The van der Waals surface area contributed by atoms with E-state index in [0.29, 0.717) is 6.61 Å². The zero-order valence-corrected chi connectivity index (χ0v) is 11.7. The van der Waals surface area contributed by atoms with Gasteiger partial charge in [0.15, 0.2) is 0 Å². The van der Waals surface area contributed by atoms with Crippen molar-refractivity contribution in [1.29, 1.82) is 0 Å². The molecule has 0 aliphatic carbocycles. The quantitative estimate of drug-likeness (QED) is 0.450. The highest BCUT2D eigenvalue weighted by atomic mass is 16.8. The molecule has 0 atom stereocenters. The van der Waals surface area contributed by atoms with Gasteiger partial charge in [0.2, 0.25) is 5.52 Å². The van der Waals surface area contributed by atoms with Crippen molar-refractivity contribution in [3.8, 4) is 0 Å². The number of aromatic nitrogens is 2. The Morgan fingerprint density at radius 3 is 2.86 bits per heavy atom. The minimum absolute atomic E-state index is 0.202. The van der Waals surface area contributed by atoms with Crippen molar-refractivity contribution in [3.63, 3.8) is 0 Å². The minimum atomic E-state index is -0.509. The first kappa shape index (κ1) is 15.2. The molecule has 7 nitrogen and oxygen atoms in total. The van der Waals surface area contributed by atoms with Gasteiger partial charge in [0.1, 0.15) is 5.56 Å². The van der Waals surface area contributed by atoms with E-state index in [1.807, 2.05) is 0 Å². The number of carbonyl (C=O) groups is 1. The molecule has 0 bridgehead atoms. The summed E-state index contributed by atoms with van der Waals surface area (Å²) in [4.78, 5) is 12.2. The number of aliphatic hydroxyl groups is 1. The molecule has 0 fully saturated rings. The molecule has 0 spiro atoms. The van der Waals surface area contributed by atoms with Gasteiger partial charge in [-0.25, -0.2) is 4.79 Å². The molecule has 114 valence electrons. The Morgan fingerprint density at radius 2 is 2.05 bits per heavy atom. The van der Waals surface area contributed by atoms with Crippen LogP contribution >= 0.6 is 0 Å². The number of rotatable bonds is 8. The first-order chi connectivity index (χ1) is 10.2. The lowest BCUT2D eigenvalue weighted by molar-refractivity contribution is -0.782. The summed E-state index contributed by atoms with van der Waals surface area (Å²) in [7, 11) is 0. The molecule has 2 aromatic rings. The molecule has 1 N–H and O–H groups in total. The molecule has 21 heavy (non-hydrogen) atoms. The summed E-state index contributed by atoms with van der Waals surface area (Å²) in [6, 6.07) is 4.66. The van der Waals surface area contributed by atoms with Gasteiger partial charge in [-0.05, 0) is 29.9 Å². The van der Waals surface area contributed by atoms with Crippen LogP contribution in [-0.2, 0) is 4.74 Å². The van der Waals surface area contributed by atoms with Gasteiger partial charge in [-0.1, -0.05) is 25.3 Å². The number of esters is 1. The number of unbranched alkanes of at least 4 members (excludes halogenated alkanes) is 4. The number of hydrogen-bond acceptors (Lipinski definition) is 6. The average molecular weight is 294 g/mol. The summed E-state index contributed by atoms with van der Waals surface area (Å²) < 4.78 is 9.64. The monoisotopic (exact) mass is 294 g/mol. The number of aliphatic hydroxyl groups excluding tert-OH is 1. The maximum absolute atomic E-state index is 12.0. The third-order valence-electron chi connectivity index (χ3n) is 3.17. The summed E-state index contributed by atoms with van der Waals surface area (Å²) in [5.74, 6) is -0.509. The van der Waals surface area contributed by atoms with Crippen LogP contribution in [0.5, 0.6) is 0 Å². The second kappa shape index (κ2) is 7.58. The van der Waals surface area contributed by atoms with E-state index < -0.39 is 5.97 Å². The molecule has 1 aromatic carbocycles. The molecule has 0 aliphatic rings. The van der Waals surface area contributed by atoms with Gasteiger partial charge in [-0.3, -0.25) is 4.63 Å². The van der Waals surface area contributed by atoms with Gasteiger partial charge >= 0.3 is 5.97 Å². The molecular weight excluding hydrogens is 276 g/mol. The molecule has 1 aromatic heterocycles. The minimum Gasteiger partial charge on any atom is -0.462 e. The van der Waals surface area contributed by atoms with Gasteiger partial charge < -0.3 is 15.1 Å². The SMILES string of the molecule is O=C(OCCCCCCCO)c1cccc2c1no[n+]2[O-]. The predicted molar refractivity (Wildman–Crippen MR) is 73.4 cm³/mol. The molecule has 0 unspecified atom stereocenters. The predicted octanol–water partition coefficient (Wildman–Crippen LogP) is 1.56. The van der Waals surface area contributed by atoms with Crippen molar-refractivity contribution >= 4 is 17.0 Å². The fourth-order valence-electron chi connectivity index (χ4n) is 2.05. The van der Waals surface area contributed by atoms with Crippen molar-refractivity contribution in [2.75, 3.05) is 13.2 Å². The van der Waals surface area contributed by atoms with Crippen molar-refractivity contribution in [2.24, 2.45) is 0 Å². The first-order valence-corrected chi connectivity index (χ1v) is 7.00. The van der Waals surface area contributed by atoms with E-state index in [9.17, 15) is 10.0 Å². The fourth-order valence-corrected chi connectivity index (χ4v) is 2.05. The van der Waals surface area contributed by atoms with E-state index in [1.54, 1.807) is 12.1 Å². The van der Waals surface area contributed by atoms with Crippen molar-refractivity contribution in [3.05, 3.63) is 29.0 Å². The van der Waals surface area contributed by atoms with Gasteiger partial charge in [0.25, 0.3) is 5.52 Å². The Kier molecular flexibility index (Phi) is 5.51. The van der Waals surface area contributed by atoms with Crippen LogP contribution in [0.1, 0.15) is 42.5 Å². The maximum Gasteiger partial charge on any atom is 0.342 e. The largest absolute Gasteiger partial charge is 0.462 e. The van der Waals surface area contributed by atoms with Crippen LogP contribution in [0.15, 0.2) is 22.8 Å². The number of nitrogens with zero attached hydrogens (tertiary/aromatic N) is 2. The van der Waals surface area contributed by atoms with Crippen molar-refractivity contribution in [2.45, 2.75) is 32.1 Å². The summed E-state index contributed by atoms with van der Waals surface area (Å²) in [5.41, 5.74) is 0.639. The van der Waals surface area contributed by atoms with Crippen molar-refractivity contribution < 1.29 is 24.2 Å². The lowest BCUT2D eigenvalue weighted by Crippen LogP contribution is -2.22. The zero-order valence-electron chi connectivity index (χ0n) is 11.7. The lowest BCUT2D eigenvalue weighted by atomic mass is 10.1. The number of ether oxygens (including phenoxy) is 1. The van der Waals surface area contributed by atoms with Crippen LogP contribution < -0.4 is 4.90 Å². The molecule has 0 aliphatic heterocycles. The lowest BCUT2D eigenvalue weighted by Gasteiger charge is -2.04. The second-order valence-electron chi connectivity index (χ2n) is 4.73. The van der Waals surface area contributed by atoms with E-state index in [4.69, 9.17) is 9.84 Å². The molecule has 0 saturated carbocycles. The maximum atomic E-state index is 12.0. The molecular formula is C14H18N2O5. The number of carbonyl (C=O) groups excluding carboxylic acids is 1. The zero-order chi connectivity index (χ0) is 15.1. The first-order valence-electron chi connectivity index (χ1n) is 7.00. The highest BCUT2D eigenvalue weighted by Crippen LogP contribution is 2.14. The fraction of sp³-hybridized carbons (Fsp3) is 0.500. The third kappa shape index (κ3) is 3.91. The van der Waals surface area contributed by atoms with Crippen LogP contribution in [0.25, 0.3) is 11.0 Å². The molecule has 0 radical (unpaired) electrons. The summed E-state index contributed by atoms with van der Waals surface area (Å²) in [5, 5.41) is 23.5. The van der Waals surface area contributed by atoms with E-state index in [2.05, 4.69) is 9.79 Å². The van der Waals surface area contributed by atoms with Gasteiger partial charge in [0, 0.05) is 11.8 Å². The van der Waals surface area contributed by atoms with Crippen LogP contribution in [0.4, 0.5) is 0 Å². The Balaban J connectivity index is 1.83. The summed E-state index contributed by atoms with van der Waals surface area (Å²) >= 11 is 0.